The van der Waals surface area contributed by atoms with Crippen molar-refractivity contribution in [1.29, 1.82) is 0 Å². The molecule has 2 N–H and O–H groups in total. The molecule has 2 aromatic carbocycles. The fraction of sp³-hybridized carbons (Fsp3) is 0.231. The van der Waals surface area contributed by atoms with E-state index in [2.05, 4.69) is 5.32 Å². The number of aliphatic hydroxyl groups excluding tert-OH is 1. The van der Waals surface area contributed by atoms with Crippen LogP contribution in [-0.2, 0) is 20.9 Å². The molecule has 0 saturated heterocycles. The van der Waals surface area contributed by atoms with Crippen molar-refractivity contribution in [2.45, 2.75) is 18.9 Å². The number of ether oxygens (including phenoxy) is 1. The number of nitrogens with zero attached hydrogens (tertiary/aromatic N) is 2. The molecule has 0 radical (unpaired) electrons. The molecule has 2 aliphatic rings. The summed E-state index contributed by atoms with van der Waals surface area (Å²) in [4.78, 5) is 40.1. The predicted molar refractivity (Wildman–Crippen MR) is 127 cm³/mol. The highest BCUT2D eigenvalue weighted by atomic mass is 16.5. The van der Waals surface area contributed by atoms with Gasteiger partial charge in [-0.25, -0.2) is 4.79 Å². The molecular weight excluding hydrogens is 434 g/mol. The summed E-state index contributed by atoms with van der Waals surface area (Å²) in [6.07, 6.45) is 2.39. The number of hydrogen-bond acceptors (Lipinski definition) is 6. The first-order valence-corrected chi connectivity index (χ1v) is 11.0. The van der Waals surface area contributed by atoms with Gasteiger partial charge in [-0.1, -0.05) is 18.2 Å². The molecule has 1 unspecified atom stereocenters. The van der Waals surface area contributed by atoms with Crippen LogP contribution < -0.4 is 15.0 Å². The van der Waals surface area contributed by atoms with Crippen molar-refractivity contribution in [2.75, 3.05) is 25.7 Å². The van der Waals surface area contributed by atoms with Gasteiger partial charge in [0.15, 0.2) is 0 Å². The van der Waals surface area contributed by atoms with Gasteiger partial charge >= 0.3 is 0 Å². The van der Waals surface area contributed by atoms with E-state index in [1.165, 1.54) is 0 Å². The van der Waals surface area contributed by atoms with Crippen LogP contribution in [0.15, 0.2) is 59.9 Å². The number of aryl methyl sites for hydroxylation is 1. The highest BCUT2D eigenvalue weighted by Crippen LogP contribution is 2.50. The van der Waals surface area contributed by atoms with Crippen LogP contribution in [0.25, 0.3) is 16.5 Å². The van der Waals surface area contributed by atoms with Gasteiger partial charge in [0.05, 0.1) is 18.6 Å². The number of rotatable bonds is 6. The van der Waals surface area contributed by atoms with E-state index < -0.39 is 17.7 Å². The number of methoxy groups -OCH3 is 1. The number of aliphatic hydroxyl groups is 1. The van der Waals surface area contributed by atoms with E-state index in [-0.39, 0.29) is 23.5 Å². The van der Waals surface area contributed by atoms with Crippen LogP contribution in [0.1, 0.15) is 23.5 Å². The molecule has 0 aliphatic carbocycles. The van der Waals surface area contributed by atoms with Gasteiger partial charge in [-0.2, -0.15) is 0 Å². The number of likely N-dealkylation sites (N-methyl/N-ethyl adjacent to an activating group) is 1. The lowest BCUT2D eigenvalue weighted by atomic mass is 9.86. The first-order valence-electron chi connectivity index (χ1n) is 11.0. The summed E-state index contributed by atoms with van der Waals surface area (Å²) in [6, 6.07) is 13.0. The summed E-state index contributed by atoms with van der Waals surface area (Å²) in [5.74, 6) is 0.768. The van der Waals surface area contributed by atoms with E-state index >= 15 is 0 Å². The topological polar surface area (TPSA) is 101 Å². The molecule has 172 valence electrons. The number of fused-ring (bicyclic) bond motifs is 2. The van der Waals surface area contributed by atoms with Crippen molar-refractivity contribution in [3.8, 4) is 5.75 Å². The predicted octanol–water partition coefficient (Wildman–Crippen LogP) is 2.39. The molecule has 0 fully saturated rings. The largest absolute Gasteiger partial charge is 0.497 e. The summed E-state index contributed by atoms with van der Waals surface area (Å²) in [6.45, 7) is 0.593. The van der Waals surface area contributed by atoms with Gasteiger partial charge in [0.2, 0.25) is 0 Å². The number of carbonyl (C=O) groups is 2. The first-order chi connectivity index (χ1) is 16.5. The molecule has 3 aromatic rings. The SMILES string of the molecule is COc1ccc2c(c1)C(C1=C(c3cn(CCCO)c4ccccc34)C(=O)NC1=O)C(=C=O)N2C. The number of allylic oxidation sites excluding steroid dienone is 1. The molecule has 2 amide bonds. The van der Waals surface area contributed by atoms with Crippen LogP contribution in [0.4, 0.5) is 5.69 Å². The number of hydrogen-bond donors (Lipinski definition) is 2. The minimum Gasteiger partial charge on any atom is -0.497 e. The Kier molecular flexibility index (Phi) is 5.32. The van der Waals surface area contributed by atoms with Crippen molar-refractivity contribution >= 4 is 39.9 Å². The molecule has 2 aliphatic heterocycles. The number of para-hydroxylation sites is 1. The Bertz CT molecular complexity index is 1430. The average molecular weight is 457 g/mol. The lowest BCUT2D eigenvalue weighted by Gasteiger charge is -2.15. The lowest BCUT2D eigenvalue weighted by molar-refractivity contribution is -0.123. The second-order valence-corrected chi connectivity index (χ2v) is 8.31. The summed E-state index contributed by atoms with van der Waals surface area (Å²) >= 11 is 0. The minimum atomic E-state index is -0.770. The van der Waals surface area contributed by atoms with Gasteiger partial charge in [0.25, 0.3) is 11.8 Å². The molecule has 34 heavy (non-hydrogen) atoms. The number of nitrogens with one attached hydrogen (secondary N) is 1. The third kappa shape index (κ3) is 3.15. The molecule has 0 spiro atoms. The summed E-state index contributed by atoms with van der Waals surface area (Å²) in [5, 5.41) is 12.6. The highest BCUT2D eigenvalue weighted by molar-refractivity contribution is 6.38. The van der Waals surface area contributed by atoms with Gasteiger partial charge in [-0.3, -0.25) is 14.9 Å². The lowest BCUT2D eigenvalue weighted by Crippen LogP contribution is -2.25. The smallest absolute Gasteiger partial charge is 0.259 e. The molecule has 1 atom stereocenters. The number of carbonyl (C=O) groups excluding carboxylic acids is 3. The highest BCUT2D eigenvalue weighted by Gasteiger charge is 2.44. The number of amides is 2. The van der Waals surface area contributed by atoms with E-state index in [4.69, 9.17) is 4.74 Å². The molecular formula is C26H23N3O5. The minimum absolute atomic E-state index is 0.0370. The molecule has 3 heterocycles. The van der Waals surface area contributed by atoms with Crippen molar-refractivity contribution in [1.82, 2.24) is 9.88 Å². The second kappa shape index (κ2) is 8.33. The monoisotopic (exact) mass is 457 g/mol. The third-order valence-electron chi connectivity index (χ3n) is 6.52. The van der Waals surface area contributed by atoms with Gasteiger partial charge in [-0.05, 0) is 36.2 Å². The fourth-order valence-corrected chi connectivity index (χ4v) is 4.97. The second-order valence-electron chi connectivity index (χ2n) is 8.31. The van der Waals surface area contributed by atoms with Gasteiger partial charge in [0.1, 0.15) is 17.4 Å². The average Bonchev–Trinajstić information content (AvgIpc) is 3.45. The normalized spacial score (nSPS) is 17.4. The summed E-state index contributed by atoms with van der Waals surface area (Å²) in [5.41, 5.74) is 3.65. The number of anilines is 1. The van der Waals surface area contributed by atoms with Crippen molar-refractivity contribution in [3.05, 3.63) is 71.1 Å². The van der Waals surface area contributed by atoms with Crippen LogP contribution >= 0.6 is 0 Å². The van der Waals surface area contributed by atoms with E-state index in [1.807, 2.05) is 47.0 Å². The maximum Gasteiger partial charge on any atom is 0.259 e. The molecule has 0 saturated carbocycles. The zero-order valence-corrected chi connectivity index (χ0v) is 18.8. The van der Waals surface area contributed by atoms with Gasteiger partial charge in [0, 0.05) is 54.1 Å². The third-order valence-corrected chi connectivity index (χ3v) is 6.52. The Balaban J connectivity index is 1.79. The van der Waals surface area contributed by atoms with Crippen LogP contribution in [0.2, 0.25) is 0 Å². The maximum absolute atomic E-state index is 13.2. The Hall–Kier alpha value is -4.13. The Morgan fingerprint density at radius 3 is 2.68 bits per heavy atom. The molecule has 5 rings (SSSR count). The van der Waals surface area contributed by atoms with E-state index in [0.717, 1.165) is 16.6 Å². The fourth-order valence-electron chi connectivity index (χ4n) is 4.97. The number of aromatic nitrogens is 1. The first kappa shape index (κ1) is 21.7. The summed E-state index contributed by atoms with van der Waals surface area (Å²) < 4.78 is 7.35. The van der Waals surface area contributed by atoms with E-state index in [1.54, 1.807) is 31.2 Å². The molecule has 8 nitrogen and oxygen atoms in total. The van der Waals surface area contributed by atoms with Gasteiger partial charge in [-0.15, -0.1) is 0 Å². The summed E-state index contributed by atoms with van der Waals surface area (Å²) in [7, 11) is 3.28. The van der Waals surface area contributed by atoms with Gasteiger partial charge < -0.3 is 19.3 Å². The number of benzene rings is 2. The molecule has 1 aromatic heterocycles. The Labute approximate surface area is 195 Å². The van der Waals surface area contributed by atoms with Crippen molar-refractivity contribution < 1.29 is 24.2 Å². The maximum atomic E-state index is 13.2. The zero-order valence-electron chi connectivity index (χ0n) is 18.8. The van der Waals surface area contributed by atoms with Crippen LogP contribution in [-0.4, -0.2) is 48.2 Å². The number of imide groups is 1. The molecule has 8 heteroatoms. The van der Waals surface area contributed by atoms with Crippen LogP contribution in [0.5, 0.6) is 5.75 Å². The standard InChI is InChI=1S/C26H23N3O5/c1-28-19-9-8-15(34-2)12-17(19)22(21(28)14-31)24-23(25(32)27-26(24)33)18-13-29(10-5-11-30)20-7-4-3-6-16(18)20/h3-4,6-9,12-13,22,30H,5,10-11H2,1-2H3,(H,27,32,33). The van der Waals surface area contributed by atoms with E-state index in [9.17, 15) is 19.5 Å². The molecule has 0 bridgehead atoms. The van der Waals surface area contributed by atoms with Crippen LogP contribution in [0, 0.1) is 0 Å². The Morgan fingerprint density at radius 2 is 1.94 bits per heavy atom. The van der Waals surface area contributed by atoms with Crippen molar-refractivity contribution in [2.24, 2.45) is 0 Å². The zero-order chi connectivity index (χ0) is 24.0. The van der Waals surface area contributed by atoms with Crippen molar-refractivity contribution in [3.63, 3.8) is 0 Å². The quantitative estimate of drug-likeness (QED) is 0.436. The Morgan fingerprint density at radius 1 is 1.15 bits per heavy atom. The van der Waals surface area contributed by atoms with Crippen LogP contribution in [0.3, 0.4) is 0 Å². The van der Waals surface area contributed by atoms with E-state index in [0.29, 0.717) is 29.8 Å².